The van der Waals surface area contributed by atoms with Crippen molar-refractivity contribution in [1.82, 2.24) is 9.80 Å². The number of fused-ring (bicyclic) bond motifs is 2. The second kappa shape index (κ2) is 10.2. The van der Waals surface area contributed by atoms with Gasteiger partial charge in [-0.25, -0.2) is 0 Å². The van der Waals surface area contributed by atoms with E-state index in [1.54, 1.807) is 24.3 Å². The number of amides is 2. The molecule has 2 aromatic rings. The first-order valence-corrected chi connectivity index (χ1v) is 12.1. The summed E-state index contributed by atoms with van der Waals surface area (Å²) in [4.78, 5) is 28.3. The quantitative estimate of drug-likeness (QED) is 0.664. The number of hydrogen-bond acceptors (Lipinski definition) is 6. The first-order valence-electron chi connectivity index (χ1n) is 12.1. The molecule has 0 spiro atoms. The summed E-state index contributed by atoms with van der Waals surface area (Å²) >= 11 is 0. The molecule has 2 saturated heterocycles. The number of carbonyl (C=O) groups excluding carboxylic acids is 2. The second-order valence-electron chi connectivity index (χ2n) is 8.84. The average molecular weight is 467 g/mol. The maximum atomic E-state index is 12.2. The van der Waals surface area contributed by atoms with Crippen LogP contribution in [0.15, 0.2) is 36.4 Å². The highest BCUT2D eigenvalue weighted by atomic mass is 16.7. The summed E-state index contributed by atoms with van der Waals surface area (Å²) in [6.07, 6.45) is 6.88. The van der Waals surface area contributed by atoms with E-state index in [1.807, 2.05) is 21.9 Å². The molecule has 4 aliphatic heterocycles. The van der Waals surface area contributed by atoms with Gasteiger partial charge < -0.3 is 28.7 Å². The summed E-state index contributed by atoms with van der Waals surface area (Å²) in [5, 5.41) is 0. The number of benzene rings is 2. The molecule has 2 aromatic carbocycles. The fourth-order valence-corrected chi connectivity index (χ4v) is 4.62. The molecule has 4 heterocycles. The van der Waals surface area contributed by atoms with Gasteiger partial charge in [0.25, 0.3) is 11.8 Å². The third kappa shape index (κ3) is 4.90. The first kappa shape index (κ1) is 22.4. The lowest BCUT2D eigenvalue weighted by Crippen LogP contribution is -2.35. The van der Waals surface area contributed by atoms with Gasteiger partial charge in [-0.2, -0.15) is 0 Å². The van der Waals surface area contributed by atoms with Gasteiger partial charge >= 0.3 is 0 Å². The van der Waals surface area contributed by atoms with Crippen LogP contribution in [-0.2, 0) is 0 Å². The van der Waals surface area contributed by atoms with Crippen LogP contribution < -0.4 is 18.9 Å². The Morgan fingerprint density at radius 2 is 0.912 bits per heavy atom. The molecule has 0 aromatic heterocycles. The summed E-state index contributed by atoms with van der Waals surface area (Å²) in [5.41, 5.74) is 1.38. The van der Waals surface area contributed by atoms with Crippen LogP contribution in [0.3, 0.4) is 0 Å². The molecule has 6 rings (SSSR count). The normalized spacial score (nSPS) is 18.2. The van der Waals surface area contributed by atoms with E-state index >= 15 is 0 Å². The fraction of sp³-hybridized carbons (Fsp3) is 0.462. The van der Waals surface area contributed by atoms with Crippen LogP contribution in [0, 0.1) is 0 Å². The van der Waals surface area contributed by atoms with E-state index in [-0.39, 0.29) is 25.4 Å². The summed E-state index contributed by atoms with van der Waals surface area (Å²) in [5.74, 6) is 2.99. The molecule has 0 saturated carbocycles. The summed E-state index contributed by atoms with van der Waals surface area (Å²) < 4.78 is 21.0. The highest BCUT2D eigenvalue weighted by molar-refractivity contribution is 5.95. The van der Waals surface area contributed by atoms with Gasteiger partial charge in [-0.05, 0) is 74.9 Å². The van der Waals surface area contributed by atoms with Crippen LogP contribution in [0.25, 0.3) is 0 Å². The number of nitrogens with zero attached hydrogens (tertiary/aromatic N) is 2. The summed E-state index contributed by atoms with van der Waals surface area (Å²) in [6.45, 7) is 3.97. The molecular weight excluding hydrogens is 436 g/mol. The van der Waals surface area contributed by atoms with Crippen molar-refractivity contribution in [3.05, 3.63) is 47.5 Å². The molecule has 8 nitrogen and oxygen atoms in total. The van der Waals surface area contributed by atoms with Crippen LogP contribution in [-0.4, -0.2) is 61.4 Å². The third-order valence-corrected chi connectivity index (χ3v) is 6.53. The smallest absolute Gasteiger partial charge is 0.253 e. The van der Waals surface area contributed by atoms with Crippen molar-refractivity contribution in [2.24, 2.45) is 0 Å². The molecule has 8 heteroatoms. The molecule has 0 unspecified atom stereocenters. The van der Waals surface area contributed by atoms with Gasteiger partial charge in [0.15, 0.2) is 23.0 Å². The topological polar surface area (TPSA) is 77.5 Å². The lowest BCUT2D eigenvalue weighted by atomic mass is 10.1. The van der Waals surface area contributed by atoms with Crippen molar-refractivity contribution in [2.75, 3.05) is 39.8 Å². The van der Waals surface area contributed by atoms with Crippen molar-refractivity contribution in [2.45, 2.75) is 38.5 Å². The molecule has 0 aliphatic carbocycles. The maximum absolute atomic E-state index is 12.2. The van der Waals surface area contributed by atoms with Gasteiger partial charge in [0.1, 0.15) is 0 Å². The predicted octanol–water partition coefficient (Wildman–Crippen LogP) is 4.08. The minimum atomic E-state index is 0.100. The van der Waals surface area contributed by atoms with E-state index in [1.165, 1.54) is 12.8 Å². The lowest BCUT2D eigenvalue weighted by molar-refractivity contribution is 0.0716. The number of piperidine rings is 2. The van der Waals surface area contributed by atoms with Gasteiger partial charge in [-0.1, -0.05) is 0 Å². The zero-order valence-electron chi connectivity index (χ0n) is 19.3. The summed E-state index contributed by atoms with van der Waals surface area (Å²) in [7, 11) is 0. The Bertz CT molecular complexity index is 960. The minimum Gasteiger partial charge on any atom is -0.454 e. The molecule has 2 amide bonds. The van der Waals surface area contributed by atoms with Gasteiger partial charge in [-0.3, -0.25) is 9.59 Å². The average Bonchev–Trinajstić information content (AvgIpc) is 3.58. The summed E-state index contributed by atoms with van der Waals surface area (Å²) in [6, 6.07) is 10.8. The Morgan fingerprint density at radius 1 is 0.529 bits per heavy atom. The lowest BCUT2D eigenvalue weighted by Gasteiger charge is -2.26. The van der Waals surface area contributed by atoms with Crippen LogP contribution >= 0.6 is 0 Å². The Hall–Kier alpha value is -3.42. The number of ether oxygens (including phenoxy) is 4. The SMILES string of the molecule is O=C(c1ccc2c(c1)OCO2)N1CCCCC1.O=C(c1ccc2c(c1)OCO2)N1CCCCC1. The second-order valence-corrected chi connectivity index (χ2v) is 8.84. The first-order chi connectivity index (χ1) is 16.7. The highest BCUT2D eigenvalue weighted by Gasteiger charge is 2.22. The zero-order chi connectivity index (χ0) is 23.3. The molecule has 0 radical (unpaired) electrons. The Morgan fingerprint density at radius 3 is 1.32 bits per heavy atom. The van der Waals surface area contributed by atoms with Crippen molar-refractivity contribution in [3.63, 3.8) is 0 Å². The van der Waals surface area contributed by atoms with Crippen molar-refractivity contribution < 1.29 is 28.5 Å². The van der Waals surface area contributed by atoms with E-state index in [2.05, 4.69) is 0 Å². The molecule has 0 bridgehead atoms. The Labute approximate surface area is 199 Å². The standard InChI is InChI=1S/2C13H15NO3/c2*15-13(14-6-2-1-3-7-14)10-4-5-11-12(8-10)17-9-16-11/h2*4-5,8H,1-3,6-7,9H2. The number of likely N-dealkylation sites (tertiary alicyclic amines) is 2. The molecule has 2 fully saturated rings. The number of rotatable bonds is 2. The van der Waals surface area contributed by atoms with Crippen LogP contribution in [0.5, 0.6) is 23.0 Å². The third-order valence-electron chi connectivity index (χ3n) is 6.53. The largest absolute Gasteiger partial charge is 0.454 e. The zero-order valence-corrected chi connectivity index (χ0v) is 19.3. The van der Waals surface area contributed by atoms with Crippen LogP contribution in [0.4, 0.5) is 0 Å². The molecule has 0 atom stereocenters. The van der Waals surface area contributed by atoms with Crippen LogP contribution in [0.1, 0.15) is 59.2 Å². The van der Waals surface area contributed by atoms with Gasteiger partial charge in [0.05, 0.1) is 0 Å². The Balaban J connectivity index is 0.000000142. The van der Waals surface area contributed by atoms with Gasteiger partial charge in [-0.15, -0.1) is 0 Å². The van der Waals surface area contributed by atoms with Gasteiger partial charge in [0, 0.05) is 37.3 Å². The molecular formula is C26H30N2O6. The monoisotopic (exact) mass is 466 g/mol. The molecule has 0 N–H and O–H groups in total. The van der Waals surface area contributed by atoms with Crippen molar-refractivity contribution >= 4 is 11.8 Å². The van der Waals surface area contributed by atoms with E-state index in [0.29, 0.717) is 22.6 Å². The van der Waals surface area contributed by atoms with E-state index in [0.717, 1.165) is 63.4 Å². The maximum Gasteiger partial charge on any atom is 0.253 e. The van der Waals surface area contributed by atoms with Crippen molar-refractivity contribution in [3.8, 4) is 23.0 Å². The Kier molecular flexibility index (Phi) is 6.74. The molecule has 180 valence electrons. The van der Waals surface area contributed by atoms with E-state index in [9.17, 15) is 9.59 Å². The van der Waals surface area contributed by atoms with E-state index in [4.69, 9.17) is 18.9 Å². The van der Waals surface area contributed by atoms with Crippen LogP contribution in [0.2, 0.25) is 0 Å². The van der Waals surface area contributed by atoms with Gasteiger partial charge in [0.2, 0.25) is 13.6 Å². The predicted molar refractivity (Wildman–Crippen MR) is 125 cm³/mol. The minimum absolute atomic E-state index is 0.100. The highest BCUT2D eigenvalue weighted by Crippen LogP contribution is 2.34. The fourth-order valence-electron chi connectivity index (χ4n) is 4.62. The number of hydrogen-bond donors (Lipinski definition) is 0. The van der Waals surface area contributed by atoms with E-state index < -0.39 is 0 Å². The molecule has 4 aliphatic rings. The molecule has 34 heavy (non-hydrogen) atoms. The number of carbonyl (C=O) groups is 2. The van der Waals surface area contributed by atoms with Crippen molar-refractivity contribution in [1.29, 1.82) is 0 Å².